The number of aromatic nitrogens is 3. The fourth-order valence-corrected chi connectivity index (χ4v) is 4.91. The summed E-state index contributed by atoms with van der Waals surface area (Å²) in [5.41, 5.74) is 2.13. The Morgan fingerprint density at radius 3 is 2.77 bits per heavy atom. The number of thioether (sulfide) groups is 1. The van der Waals surface area contributed by atoms with Gasteiger partial charge in [0.2, 0.25) is 11.1 Å². The molecule has 2 aromatic rings. The molecule has 0 aliphatic carbocycles. The fraction of sp³-hybridized carbons (Fsp3) is 0.500. The number of hydrogen-bond acceptors (Lipinski definition) is 7. The third kappa shape index (κ3) is 5.44. The minimum atomic E-state index is -0.445. The number of halogens is 1. The van der Waals surface area contributed by atoms with Crippen molar-refractivity contribution >= 4 is 39.6 Å². The van der Waals surface area contributed by atoms with Gasteiger partial charge in [-0.1, -0.05) is 44.0 Å². The lowest BCUT2D eigenvalue weighted by Crippen LogP contribution is -2.29. The van der Waals surface area contributed by atoms with Gasteiger partial charge in [-0.15, -0.1) is 5.10 Å². The molecule has 3 rings (SSSR count). The van der Waals surface area contributed by atoms with Crippen LogP contribution in [0, 0.1) is 0 Å². The van der Waals surface area contributed by atoms with Gasteiger partial charge in [0.1, 0.15) is 11.8 Å². The normalized spacial score (nSPS) is 15.5. The Balaban J connectivity index is 1.96. The Morgan fingerprint density at radius 2 is 2.10 bits per heavy atom. The first-order chi connectivity index (χ1) is 15.0. The minimum Gasteiger partial charge on any atom is -0.496 e. The zero-order valence-corrected chi connectivity index (χ0v) is 20.8. The van der Waals surface area contributed by atoms with Crippen molar-refractivity contribution < 1.29 is 14.3 Å². The number of allylic oxidation sites excluding steroid dienone is 1. The summed E-state index contributed by atoms with van der Waals surface area (Å²) in [6.45, 7) is 6.18. The summed E-state index contributed by atoms with van der Waals surface area (Å²) in [7, 11) is 1.62. The first-order valence-electron chi connectivity index (χ1n) is 10.6. The molecule has 1 atom stereocenters. The van der Waals surface area contributed by atoms with Gasteiger partial charge in [-0.25, -0.2) is 9.48 Å². The van der Waals surface area contributed by atoms with Gasteiger partial charge in [0.25, 0.3) is 0 Å². The number of nitrogens with one attached hydrogen (secondary N) is 1. The zero-order valence-electron chi connectivity index (χ0n) is 18.4. The van der Waals surface area contributed by atoms with Crippen LogP contribution in [0.15, 0.2) is 39.1 Å². The molecule has 0 fully saturated rings. The predicted molar refractivity (Wildman–Crippen MR) is 127 cm³/mol. The van der Waals surface area contributed by atoms with E-state index in [-0.39, 0.29) is 5.97 Å². The van der Waals surface area contributed by atoms with Crippen molar-refractivity contribution in [3.05, 3.63) is 39.5 Å². The zero-order chi connectivity index (χ0) is 22.4. The number of carbonyl (C=O) groups is 1. The average Bonchev–Trinajstić information content (AvgIpc) is 3.14. The van der Waals surface area contributed by atoms with Crippen molar-refractivity contribution in [1.29, 1.82) is 0 Å². The molecule has 1 unspecified atom stereocenters. The van der Waals surface area contributed by atoms with Crippen LogP contribution >= 0.6 is 27.7 Å². The number of hydrogen-bond donors (Lipinski definition) is 1. The van der Waals surface area contributed by atoms with Gasteiger partial charge in [-0.2, -0.15) is 4.98 Å². The van der Waals surface area contributed by atoms with Gasteiger partial charge in [0.15, 0.2) is 0 Å². The third-order valence-electron chi connectivity index (χ3n) is 5.05. The van der Waals surface area contributed by atoms with E-state index in [1.54, 1.807) is 30.5 Å². The Morgan fingerprint density at radius 1 is 1.29 bits per heavy atom. The van der Waals surface area contributed by atoms with Gasteiger partial charge < -0.3 is 14.8 Å². The lowest BCUT2D eigenvalue weighted by atomic mass is 9.96. The molecular weight excluding hydrogens is 480 g/mol. The Hall–Kier alpha value is -2.00. The summed E-state index contributed by atoms with van der Waals surface area (Å²) in [6.07, 6.45) is 4.81. The molecule has 168 valence electrons. The number of benzene rings is 1. The van der Waals surface area contributed by atoms with E-state index >= 15 is 0 Å². The van der Waals surface area contributed by atoms with Crippen LogP contribution in [-0.4, -0.2) is 40.2 Å². The van der Waals surface area contributed by atoms with E-state index in [0.717, 1.165) is 33.7 Å². The molecule has 31 heavy (non-hydrogen) atoms. The van der Waals surface area contributed by atoms with Crippen LogP contribution in [0.5, 0.6) is 5.75 Å². The van der Waals surface area contributed by atoms with E-state index in [4.69, 9.17) is 14.6 Å². The second kappa shape index (κ2) is 11.0. The van der Waals surface area contributed by atoms with Crippen LogP contribution in [0.2, 0.25) is 0 Å². The maximum absolute atomic E-state index is 12.9. The number of nitrogens with zero attached hydrogens (tertiary/aromatic N) is 3. The molecule has 1 N–H and O–H groups in total. The largest absolute Gasteiger partial charge is 0.496 e. The molecular formula is C22H29BrN4O3S. The van der Waals surface area contributed by atoms with E-state index in [2.05, 4.69) is 33.2 Å². The molecule has 1 aliphatic rings. The molecule has 0 amide bonds. The number of fused-ring (bicyclic) bond motifs is 1. The molecule has 0 spiro atoms. The third-order valence-corrected chi connectivity index (χ3v) is 6.59. The van der Waals surface area contributed by atoms with Crippen molar-refractivity contribution in [2.75, 3.05) is 24.8 Å². The highest BCUT2D eigenvalue weighted by atomic mass is 79.9. The van der Waals surface area contributed by atoms with Crippen LogP contribution in [0.25, 0.3) is 0 Å². The number of unbranched alkanes of at least 4 members (excludes halogenated alkanes) is 3. The molecule has 0 radical (unpaired) electrons. The standard InChI is InChI=1S/C22H29BrN4O3S/c1-5-7-8-9-12-31-22-25-21-24-14(3)18(20(28)30-6-2)19(27(21)26-22)15-10-11-17(29-4)16(23)13-15/h10-11,13,19H,5-9,12H2,1-4H3,(H,24,25,26). The number of rotatable bonds is 10. The highest BCUT2D eigenvalue weighted by molar-refractivity contribution is 9.10. The quantitative estimate of drug-likeness (QED) is 0.255. The van der Waals surface area contributed by atoms with E-state index in [0.29, 0.717) is 23.3 Å². The van der Waals surface area contributed by atoms with Gasteiger partial charge in [0, 0.05) is 11.4 Å². The number of methoxy groups -OCH3 is 1. The summed E-state index contributed by atoms with van der Waals surface area (Å²) >= 11 is 5.20. The SMILES string of the molecule is CCCCCCSc1nc2n(n1)C(c1ccc(OC)c(Br)c1)C(C(=O)OCC)=C(C)N2. The highest BCUT2D eigenvalue weighted by Crippen LogP contribution is 2.39. The number of carbonyl (C=O) groups excluding carboxylic acids is 1. The van der Waals surface area contributed by atoms with E-state index < -0.39 is 6.04 Å². The van der Waals surface area contributed by atoms with Gasteiger partial charge in [0.05, 0.1) is 23.8 Å². The molecule has 2 heterocycles. The molecule has 9 heteroatoms. The van der Waals surface area contributed by atoms with E-state index in [1.165, 1.54) is 19.3 Å². The maximum atomic E-state index is 12.9. The second-order valence-electron chi connectivity index (χ2n) is 7.25. The van der Waals surface area contributed by atoms with Crippen molar-refractivity contribution in [3.8, 4) is 5.75 Å². The topological polar surface area (TPSA) is 78.3 Å². The van der Waals surface area contributed by atoms with E-state index in [1.807, 2.05) is 25.1 Å². The molecule has 0 bridgehead atoms. The molecule has 1 aliphatic heterocycles. The van der Waals surface area contributed by atoms with Crippen molar-refractivity contribution in [2.45, 2.75) is 57.7 Å². The lowest BCUT2D eigenvalue weighted by Gasteiger charge is -2.28. The smallest absolute Gasteiger partial charge is 0.338 e. The summed E-state index contributed by atoms with van der Waals surface area (Å²) in [4.78, 5) is 17.5. The van der Waals surface area contributed by atoms with Crippen LogP contribution in [0.3, 0.4) is 0 Å². The number of anilines is 1. The molecule has 7 nitrogen and oxygen atoms in total. The van der Waals surface area contributed by atoms with Gasteiger partial charge in [-0.05, 0) is 53.9 Å². The molecule has 0 saturated heterocycles. The van der Waals surface area contributed by atoms with Crippen LogP contribution < -0.4 is 10.1 Å². The Bertz CT molecular complexity index is 960. The van der Waals surface area contributed by atoms with Crippen molar-refractivity contribution in [1.82, 2.24) is 14.8 Å². The van der Waals surface area contributed by atoms with Gasteiger partial charge >= 0.3 is 5.97 Å². The molecule has 1 aromatic carbocycles. The minimum absolute atomic E-state index is 0.303. The monoisotopic (exact) mass is 508 g/mol. The average molecular weight is 509 g/mol. The second-order valence-corrected chi connectivity index (χ2v) is 9.17. The van der Waals surface area contributed by atoms with E-state index in [9.17, 15) is 4.79 Å². The predicted octanol–water partition coefficient (Wildman–Crippen LogP) is 5.57. The maximum Gasteiger partial charge on any atom is 0.338 e. The van der Waals surface area contributed by atoms with Crippen LogP contribution in [-0.2, 0) is 9.53 Å². The van der Waals surface area contributed by atoms with Crippen molar-refractivity contribution in [2.24, 2.45) is 0 Å². The lowest BCUT2D eigenvalue weighted by molar-refractivity contribution is -0.139. The molecule has 0 saturated carbocycles. The van der Waals surface area contributed by atoms with Crippen molar-refractivity contribution in [3.63, 3.8) is 0 Å². The summed E-state index contributed by atoms with van der Waals surface area (Å²) in [5.74, 6) is 1.95. The number of esters is 1. The van der Waals surface area contributed by atoms with Gasteiger partial charge in [-0.3, -0.25) is 0 Å². The Labute approximate surface area is 196 Å². The van der Waals surface area contributed by atoms with Crippen LogP contribution in [0.1, 0.15) is 58.1 Å². The first-order valence-corrected chi connectivity index (χ1v) is 12.4. The highest BCUT2D eigenvalue weighted by Gasteiger charge is 2.35. The fourth-order valence-electron chi connectivity index (χ4n) is 3.52. The summed E-state index contributed by atoms with van der Waals surface area (Å²) < 4.78 is 13.3. The van der Waals surface area contributed by atoms with Crippen LogP contribution in [0.4, 0.5) is 5.95 Å². The Kier molecular flexibility index (Phi) is 8.43. The molecule has 1 aromatic heterocycles. The number of ether oxygens (including phenoxy) is 2. The summed E-state index contributed by atoms with van der Waals surface area (Å²) in [6, 6.07) is 5.32. The summed E-state index contributed by atoms with van der Waals surface area (Å²) in [5, 5.41) is 8.68. The first kappa shape index (κ1) is 23.7.